The lowest BCUT2D eigenvalue weighted by Crippen LogP contribution is -2.26. The zero-order chi connectivity index (χ0) is 15.5. The van der Waals surface area contributed by atoms with Crippen molar-refractivity contribution in [3.8, 4) is 5.75 Å². The molecular weight excluding hydrogens is 270 g/mol. The first-order chi connectivity index (χ1) is 9.91. The van der Waals surface area contributed by atoms with Crippen LogP contribution in [0.25, 0.3) is 0 Å². The van der Waals surface area contributed by atoms with Crippen LogP contribution in [0.4, 0.5) is 5.69 Å². The highest BCUT2D eigenvalue weighted by atomic mass is 16.5. The average molecular weight is 291 g/mol. The summed E-state index contributed by atoms with van der Waals surface area (Å²) in [5.74, 6) is 0.510. The topological polar surface area (TPSA) is 64.6 Å². The van der Waals surface area contributed by atoms with Crippen LogP contribution in [0.3, 0.4) is 0 Å². The highest BCUT2D eigenvalue weighted by Gasteiger charge is 2.38. The van der Waals surface area contributed by atoms with E-state index < -0.39 is 5.41 Å². The fourth-order valence-corrected chi connectivity index (χ4v) is 2.25. The van der Waals surface area contributed by atoms with Gasteiger partial charge in [-0.3, -0.25) is 9.59 Å². The average Bonchev–Trinajstić information content (AvgIpc) is 2.64. The van der Waals surface area contributed by atoms with E-state index in [0.717, 1.165) is 29.8 Å². The second-order valence-corrected chi connectivity index (χ2v) is 5.68. The molecular formula is C16H21NO4. The van der Waals surface area contributed by atoms with E-state index in [0.29, 0.717) is 13.2 Å². The number of carbonyl (C=O) groups excluding carboxylic acids is 2. The van der Waals surface area contributed by atoms with Crippen molar-refractivity contribution in [2.45, 2.75) is 39.0 Å². The first-order valence-corrected chi connectivity index (χ1v) is 7.13. The quantitative estimate of drug-likeness (QED) is 0.646. The fraction of sp³-hybridized carbons (Fsp3) is 0.500. The number of fused-ring (bicyclic) bond motifs is 1. The van der Waals surface area contributed by atoms with Gasteiger partial charge < -0.3 is 14.8 Å². The van der Waals surface area contributed by atoms with Crippen molar-refractivity contribution in [1.82, 2.24) is 0 Å². The predicted molar refractivity (Wildman–Crippen MR) is 79.5 cm³/mol. The van der Waals surface area contributed by atoms with Gasteiger partial charge in [-0.2, -0.15) is 0 Å². The molecule has 0 aromatic heterocycles. The third kappa shape index (κ3) is 3.54. The molecule has 1 aromatic rings. The van der Waals surface area contributed by atoms with Crippen molar-refractivity contribution in [1.29, 1.82) is 0 Å². The Hall–Kier alpha value is -2.04. The van der Waals surface area contributed by atoms with Crippen LogP contribution in [-0.2, 0) is 19.7 Å². The Labute approximate surface area is 124 Å². The summed E-state index contributed by atoms with van der Waals surface area (Å²) in [5, 5.41) is 2.87. The Kier molecular flexibility index (Phi) is 4.50. The summed E-state index contributed by atoms with van der Waals surface area (Å²) in [6.07, 6.45) is 1.58. The van der Waals surface area contributed by atoms with Crippen LogP contribution >= 0.6 is 0 Å². The van der Waals surface area contributed by atoms with Gasteiger partial charge in [0.2, 0.25) is 5.91 Å². The highest BCUT2D eigenvalue weighted by Crippen LogP contribution is 2.39. The number of hydrogen-bond acceptors (Lipinski definition) is 4. The summed E-state index contributed by atoms with van der Waals surface area (Å²) >= 11 is 0. The summed E-state index contributed by atoms with van der Waals surface area (Å²) in [7, 11) is 0. The van der Waals surface area contributed by atoms with Crippen molar-refractivity contribution < 1.29 is 19.1 Å². The van der Waals surface area contributed by atoms with Crippen LogP contribution in [0.15, 0.2) is 18.2 Å². The van der Waals surface area contributed by atoms with Crippen LogP contribution in [0, 0.1) is 0 Å². The number of unbranched alkanes of at least 4 members (excludes halogenated alkanes) is 1. The molecule has 0 fully saturated rings. The minimum Gasteiger partial charge on any atom is -0.494 e. The number of amides is 1. The normalized spacial score (nSPS) is 15.3. The van der Waals surface area contributed by atoms with Crippen molar-refractivity contribution >= 4 is 17.6 Å². The summed E-state index contributed by atoms with van der Waals surface area (Å²) in [6.45, 7) is 6.18. The Morgan fingerprint density at radius 3 is 2.67 bits per heavy atom. The summed E-state index contributed by atoms with van der Waals surface area (Å²) in [6, 6.07) is 5.64. The number of hydrogen-bond donors (Lipinski definition) is 1. The van der Waals surface area contributed by atoms with E-state index in [2.05, 4.69) is 5.32 Å². The monoisotopic (exact) mass is 291 g/mol. The van der Waals surface area contributed by atoms with Gasteiger partial charge in [-0.05, 0) is 50.5 Å². The molecule has 1 heterocycles. The highest BCUT2D eigenvalue weighted by molar-refractivity contribution is 6.05. The van der Waals surface area contributed by atoms with E-state index in [1.807, 2.05) is 32.0 Å². The number of nitrogens with one attached hydrogen (secondary N) is 1. The van der Waals surface area contributed by atoms with Crippen LogP contribution in [-0.4, -0.2) is 25.1 Å². The van der Waals surface area contributed by atoms with Crippen LogP contribution in [0.2, 0.25) is 0 Å². The zero-order valence-corrected chi connectivity index (χ0v) is 12.7. The molecule has 114 valence electrons. The minimum atomic E-state index is -0.524. The molecule has 0 radical (unpaired) electrons. The number of esters is 1. The standard InChI is InChI=1S/C16H21NO4/c1-11(18)20-8-4-5-9-21-12-6-7-14-13(10-12)16(2,3)15(19)17-14/h6-7,10H,4-5,8-9H2,1-3H3,(H,17,19). The molecule has 1 amide bonds. The van der Waals surface area contributed by atoms with Gasteiger partial charge in [0.15, 0.2) is 0 Å². The van der Waals surface area contributed by atoms with Gasteiger partial charge in [0.25, 0.3) is 0 Å². The van der Waals surface area contributed by atoms with Crippen molar-refractivity contribution in [2.24, 2.45) is 0 Å². The fourth-order valence-electron chi connectivity index (χ4n) is 2.25. The summed E-state index contributed by atoms with van der Waals surface area (Å²) < 4.78 is 10.5. The van der Waals surface area contributed by atoms with E-state index in [-0.39, 0.29) is 11.9 Å². The third-order valence-corrected chi connectivity index (χ3v) is 3.59. The Balaban J connectivity index is 1.85. The molecule has 0 atom stereocenters. The Morgan fingerprint density at radius 2 is 1.95 bits per heavy atom. The first kappa shape index (κ1) is 15.4. The van der Waals surface area contributed by atoms with Gasteiger partial charge >= 0.3 is 5.97 Å². The molecule has 2 rings (SSSR count). The molecule has 0 saturated heterocycles. The minimum absolute atomic E-state index is 0.0102. The third-order valence-electron chi connectivity index (χ3n) is 3.59. The Morgan fingerprint density at radius 1 is 1.24 bits per heavy atom. The van der Waals surface area contributed by atoms with Gasteiger partial charge in [-0.1, -0.05) is 0 Å². The lowest BCUT2D eigenvalue weighted by molar-refractivity contribution is -0.141. The number of benzene rings is 1. The number of ether oxygens (including phenoxy) is 2. The predicted octanol–water partition coefficient (Wildman–Crippen LogP) is 2.64. The van der Waals surface area contributed by atoms with Gasteiger partial charge in [-0.25, -0.2) is 0 Å². The maximum absolute atomic E-state index is 11.9. The van der Waals surface area contributed by atoms with E-state index in [1.165, 1.54) is 6.92 Å². The number of carbonyl (C=O) groups is 2. The van der Waals surface area contributed by atoms with Crippen molar-refractivity contribution in [3.63, 3.8) is 0 Å². The molecule has 5 heteroatoms. The second-order valence-electron chi connectivity index (χ2n) is 5.68. The molecule has 1 aliphatic rings. The molecule has 1 aliphatic heterocycles. The van der Waals surface area contributed by atoms with Crippen molar-refractivity contribution in [2.75, 3.05) is 18.5 Å². The van der Waals surface area contributed by atoms with E-state index >= 15 is 0 Å². The van der Waals surface area contributed by atoms with Gasteiger partial charge in [0.05, 0.1) is 18.6 Å². The summed E-state index contributed by atoms with van der Waals surface area (Å²) in [4.78, 5) is 22.5. The maximum Gasteiger partial charge on any atom is 0.302 e. The van der Waals surface area contributed by atoms with Gasteiger partial charge in [0, 0.05) is 12.6 Å². The molecule has 0 bridgehead atoms. The smallest absolute Gasteiger partial charge is 0.302 e. The van der Waals surface area contributed by atoms with Gasteiger partial charge in [0.1, 0.15) is 5.75 Å². The number of rotatable bonds is 6. The summed E-state index contributed by atoms with van der Waals surface area (Å²) in [5.41, 5.74) is 1.29. The molecule has 0 saturated carbocycles. The molecule has 5 nitrogen and oxygen atoms in total. The van der Waals surface area contributed by atoms with Crippen LogP contribution in [0.1, 0.15) is 39.2 Å². The van der Waals surface area contributed by atoms with Crippen LogP contribution in [0.5, 0.6) is 5.75 Å². The van der Waals surface area contributed by atoms with Gasteiger partial charge in [-0.15, -0.1) is 0 Å². The molecule has 0 unspecified atom stereocenters. The number of anilines is 1. The van der Waals surface area contributed by atoms with Crippen molar-refractivity contribution in [3.05, 3.63) is 23.8 Å². The first-order valence-electron chi connectivity index (χ1n) is 7.13. The lowest BCUT2D eigenvalue weighted by atomic mass is 9.86. The maximum atomic E-state index is 11.9. The van der Waals surface area contributed by atoms with E-state index in [4.69, 9.17) is 9.47 Å². The molecule has 1 aromatic carbocycles. The van der Waals surface area contributed by atoms with E-state index in [9.17, 15) is 9.59 Å². The molecule has 21 heavy (non-hydrogen) atoms. The molecule has 0 spiro atoms. The Bertz CT molecular complexity index is 551. The largest absolute Gasteiger partial charge is 0.494 e. The zero-order valence-electron chi connectivity index (χ0n) is 12.7. The molecule has 0 aliphatic carbocycles. The SMILES string of the molecule is CC(=O)OCCCCOc1ccc2c(c1)C(C)(C)C(=O)N2. The second kappa shape index (κ2) is 6.16. The lowest BCUT2D eigenvalue weighted by Gasteiger charge is -2.16. The van der Waals surface area contributed by atoms with Crippen LogP contribution < -0.4 is 10.1 Å². The molecule has 1 N–H and O–H groups in total. The van der Waals surface area contributed by atoms with E-state index in [1.54, 1.807) is 0 Å².